The second-order valence-electron chi connectivity index (χ2n) is 5.81. The third-order valence-corrected chi connectivity index (χ3v) is 3.61. The van der Waals surface area contributed by atoms with E-state index in [2.05, 4.69) is 21.3 Å². The zero-order valence-corrected chi connectivity index (χ0v) is 14.1. The SMILES string of the molecule is O=C1CCCC(=O)NCCCNC(=O)CCCC(=O)NCCCN1. The van der Waals surface area contributed by atoms with E-state index in [1.54, 1.807) is 0 Å². The van der Waals surface area contributed by atoms with Gasteiger partial charge >= 0.3 is 0 Å². The highest BCUT2D eigenvalue weighted by molar-refractivity contribution is 5.79. The Balaban J connectivity index is 2.34. The molecule has 1 fully saturated rings. The first-order chi connectivity index (χ1) is 11.6. The van der Waals surface area contributed by atoms with Gasteiger partial charge < -0.3 is 21.3 Å². The minimum Gasteiger partial charge on any atom is -0.356 e. The van der Waals surface area contributed by atoms with E-state index < -0.39 is 0 Å². The average molecular weight is 340 g/mol. The monoisotopic (exact) mass is 340 g/mol. The predicted molar refractivity (Wildman–Crippen MR) is 89.0 cm³/mol. The van der Waals surface area contributed by atoms with Gasteiger partial charge in [0.05, 0.1) is 0 Å². The lowest BCUT2D eigenvalue weighted by Gasteiger charge is -2.09. The van der Waals surface area contributed by atoms with Crippen LogP contribution in [-0.2, 0) is 19.2 Å². The molecule has 8 heteroatoms. The minimum absolute atomic E-state index is 0.0776. The number of rotatable bonds is 0. The van der Waals surface area contributed by atoms with Gasteiger partial charge in [-0.25, -0.2) is 0 Å². The molecule has 1 aliphatic heterocycles. The van der Waals surface area contributed by atoms with Gasteiger partial charge in [0.15, 0.2) is 0 Å². The van der Waals surface area contributed by atoms with Crippen LogP contribution < -0.4 is 21.3 Å². The Hall–Kier alpha value is -2.12. The second kappa shape index (κ2) is 12.3. The van der Waals surface area contributed by atoms with Crippen LogP contribution in [0, 0.1) is 0 Å². The van der Waals surface area contributed by atoms with Crippen LogP contribution >= 0.6 is 0 Å². The molecule has 0 aromatic carbocycles. The van der Waals surface area contributed by atoms with Gasteiger partial charge in [-0.05, 0) is 25.7 Å². The van der Waals surface area contributed by atoms with Crippen molar-refractivity contribution in [1.82, 2.24) is 21.3 Å². The van der Waals surface area contributed by atoms with E-state index in [-0.39, 0.29) is 23.6 Å². The molecule has 1 saturated heterocycles. The molecule has 1 rings (SSSR count). The molecular weight excluding hydrogens is 312 g/mol. The molecular formula is C16H28N4O4. The minimum atomic E-state index is -0.0776. The molecule has 0 radical (unpaired) electrons. The predicted octanol–water partition coefficient (Wildman–Crippen LogP) is -0.414. The standard InChI is InChI=1S/C16H28N4O4/c21-13-5-1-6-14(22)18-10-4-12-20-16(24)8-2-7-15(23)19-11-3-9-17-13/h1-12H2,(H,17,21)(H,18,22)(H,19,23)(H,20,24). The van der Waals surface area contributed by atoms with Crippen molar-refractivity contribution in [3.8, 4) is 0 Å². The Bertz CT molecular complexity index is 364. The Morgan fingerprint density at radius 3 is 0.917 bits per heavy atom. The molecule has 0 aromatic heterocycles. The first kappa shape index (κ1) is 19.9. The quantitative estimate of drug-likeness (QED) is 0.479. The molecule has 1 aliphatic rings. The second-order valence-corrected chi connectivity index (χ2v) is 5.81. The molecule has 136 valence electrons. The first-order valence-electron chi connectivity index (χ1n) is 8.64. The maximum Gasteiger partial charge on any atom is 0.220 e. The molecule has 1 heterocycles. The van der Waals surface area contributed by atoms with Crippen LogP contribution in [0.1, 0.15) is 51.4 Å². The van der Waals surface area contributed by atoms with E-state index in [9.17, 15) is 19.2 Å². The van der Waals surface area contributed by atoms with E-state index >= 15 is 0 Å². The highest BCUT2D eigenvalue weighted by atomic mass is 16.2. The summed E-state index contributed by atoms with van der Waals surface area (Å²) in [6, 6.07) is 0. The zero-order valence-electron chi connectivity index (χ0n) is 14.1. The van der Waals surface area contributed by atoms with Gasteiger partial charge in [0, 0.05) is 51.9 Å². The van der Waals surface area contributed by atoms with Crippen molar-refractivity contribution < 1.29 is 19.2 Å². The molecule has 0 aliphatic carbocycles. The third-order valence-electron chi connectivity index (χ3n) is 3.61. The summed E-state index contributed by atoms with van der Waals surface area (Å²) in [6.45, 7) is 1.98. The van der Waals surface area contributed by atoms with Crippen molar-refractivity contribution in [2.45, 2.75) is 51.4 Å². The first-order valence-corrected chi connectivity index (χ1v) is 8.64. The van der Waals surface area contributed by atoms with Crippen LogP contribution in [0.5, 0.6) is 0 Å². The van der Waals surface area contributed by atoms with Crippen molar-refractivity contribution >= 4 is 23.6 Å². The lowest BCUT2D eigenvalue weighted by molar-refractivity contribution is -0.123. The smallest absolute Gasteiger partial charge is 0.220 e. The number of hydrogen-bond acceptors (Lipinski definition) is 4. The fourth-order valence-corrected chi connectivity index (χ4v) is 2.26. The van der Waals surface area contributed by atoms with Crippen LogP contribution in [0.4, 0.5) is 0 Å². The summed E-state index contributed by atoms with van der Waals surface area (Å²) >= 11 is 0. The molecule has 0 atom stereocenters. The fourth-order valence-electron chi connectivity index (χ4n) is 2.26. The lowest BCUT2D eigenvalue weighted by Crippen LogP contribution is -2.31. The summed E-state index contributed by atoms with van der Waals surface area (Å²) < 4.78 is 0. The van der Waals surface area contributed by atoms with E-state index in [0.717, 1.165) is 0 Å². The Morgan fingerprint density at radius 1 is 0.417 bits per heavy atom. The third kappa shape index (κ3) is 10.6. The topological polar surface area (TPSA) is 116 Å². The average Bonchev–Trinajstić information content (AvgIpc) is 2.53. The molecule has 4 N–H and O–H groups in total. The van der Waals surface area contributed by atoms with Crippen LogP contribution in [0.3, 0.4) is 0 Å². The lowest BCUT2D eigenvalue weighted by atomic mass is 10.2. The summed E-state index contributed by atoms with van der Waals surface area (Å²) in [6.07, 6.45) is 3.57. The van der Waals surface area contributed by atoms with Gasteiger partial charge in [-0.15, -0.1) is 0 Å². The summed E-state index contributed by atoms with van der Waals surface area (Å²) in [5.41, 5.74) is 0. The molecule has 0 bridgehead atoms. The van der Waals surface area contributed by atoms with Gasteiger partial charge in [-0.1, -0.05) is 0 Å². The van der Waals surface area contributed by atoms with Gasteiger partial charge in [0.25, 0.3) is 0 Å². The van der Waals surface area contributed by atoms with Crippen molar-refractivity contribution in [2.24, 2.45) is 0 Å². The van der Waals surface area contributed by atoms with E-state index in [1.807, 2.05) is 0 Å². The number of amides is 4. The fraction of sp³-hybridized carbons (Fsp3) is 0.750. The van der Waals surface area contributed by atoms with Crippen LogP contribution in [0.15, 0.2) is 0 Å². The highest BCUT2D eigenvalue weighted by Crippen LogP contribution is 1.97. The van der Waals surface area contributed by atoms with Crippen molar-refractivity contribution in [1.29, 1.82) is 0 Å². The molecule has 0 spiro atoms. The molecule has 0 aromatic rings. The van der Waals surface area contributed by atoms with Crippen molar-refractivity contribution in [3.05, 3.63) is 0 Å². The largest absolute Gasteiger partial charge is 0.356 e. The van der Waals surface area contributed by atoms with Crippen molar-refractivity contribution in [2.75, 3.05) is 26.2 Å². The van der Waals surface area contributed by atoms with Gasteiger partial charge in [-0.2, -0.15) is 0 Å². The summed E-state index contributed by atoms with van der Waals surface area (Å²) in [5, 5.41) is 11.1. The van der Waals surface area contributed by atoms with Gasteiger partial charge in [0.2, 0.25) is 23.6 Å². The maximum atomic E-state index is 11.6. The summed E-state index contributed by atoms with van der Waals surface area (Å²) in [7, 11) is 0. The maximum absolute atomic E-state index is 11.6. The normalized spacial score (nSPS) is 21.0. The Morgan fingerprint density at radius 2 is 0.667 bits per heavy atom. The molecule has 8 nitrogen and oxygen atoms in total. The number of nitrogens with one attached hydrogen (secondary N) is 4. The molecule has 24 heavy (non-hydrogen) atoms. The number of carbonyl (C=O) groups excluding carboxylic acids is 4. The summed E-state index contributed by atoms with van der Waals surface area (Å²) in [5.74, 6) is -0.310. The number of hydrogen-bond donors (Lipinski definition) is 4. The van der Waals surface area contributed by atoms with Crippen molar-refractivity contribution in [3.63, 3.8) is 0 Å². The molecule has 0 saturated carbocycles. The van der Waals surface area contributed by atoms with Gasteiger partial charge in [0.1, 0.15) is 0 Å². The van der Waals surface area contributed by atoms with Gasteiger partial charge in [-0.3, -0.25) is 19.2 Å². The Kier molecular flexibility index (Phi) is 10.2. The van der Waals surface area contributed by atoms with E-state index in [0.29, 0.717) is 77.5 Å². The van der Waals surface area contributed by atoms with E-state index in [4.69, 9.17) is 0 Å². The Labute approximate surface area is 142 Å². The van der Waals surface area contributed by atoms with Crippen LogP contribution in [-0.4, -0.2) is 49.8 Å². The summed E-state index contributed by atoms with van der Waals surface area (Å²) in [4.78, 5) is 46.4. The molecule has 4 amide bonds. The molecule has 0 unspecified atom stereocenters. The van der Waals surface area contributed by atoms with E-state index in [1.165, 1.54) is 0 Å². The van der Waals surface area contributed by atoms with Crippen LogP contribution in [0.25, 0.3) is 0 Å². The van der Waals surface area contributed by atoms with Crippen LogP contribution in [0.2, 0.25) is 0 Å². The highest BCUT2D eigenvalue weighted by Gasteiger charge is 2.07. The zero-order chi connectivity index (χ0) is 17.6. The number of carbonyl (C=O) groups is 4.